The lowest BCUT2D eigenvalue weighted by atomic mass is 9.97. The van der Waals surface area contributed by atoms with Crippen LogP contribution in [0.3, 0.4) is 0 Å². The fourth-order valence-electron chi connectivity index (χ4n) is 2.59. The molecule has 2 rings (SSSR count). The van der Waals surface area contributed by atoms with Crippen LogP contribution in [0.1, 0.15) is 37.3 Å². The van der Waals surface area contributed by atoms with Crippen molar-refractivity contribution < 1.29 is 9.53 Å². The maximum Gasteiger partial charge on any atom is 0.227 e. The normalized spacial score (nSPS) is 10.1. The summed E-state index contributed by atoms with van der Waals surface area (Å²) in [5.41, 5.74) is 12.5. The molecule has 8 heteroatoms. The number of amides is 1. The van der Waals surface area contributed by atoms with Crippen molar-refractivity contribution in [1.29, 1.82) is 10.5 Å². The second-order valence-corrected chi connectivity index (χ2v) is 6.95. The van der Waals surface area contributed by atoms with Crippen molar-refractivity contribution >= 4 is 23.5 Å². The van der Waals surface area contributed by atoms with Gasteiger partial charge in [-0.15, -0.1) is 0 Å². The molecule has 0 aliphatic rings. The van der Waals surface area contributed by atoms with Crippen LogP contribution in [0.5, 0.6) is 5.75 Å². The standard InChI is InChI=1S/C20H21N5O2S/c1-2-3-4-9-27-14-7-5-13(6-8-14)18-15(10-21)19(24)25-20(16(18)11-22)28-12-17(23)26/h5-8H,2-4,9,12H2,1H3,(H2,23,26)(H2,24,25). The van der Waals surface area contributed by atoms with Gasteiger partial charge < -0.3 is 16.2 Å². The highest BCUT2D eigenvalue weighted by Gasteiger charge is 2.20. The summed E-state index contributed by atoms with van der Waals surface area (Å²) in [6, 6.07) is 11.2. The number of rotatable bonds is 9. The zero-order valence-corrected chi connectivity index (χ0v) is 16.4. The number of primary amides is 1. The molecule has 0 atom stereocenters. The highest BCUT2D eigenvalue weighted by atomic mass is 32.2. The molecule has 0 aliphatic heterocycles. The summed E-state index contributed by atoms with van der Waals surface area (Å²) >= 11 is 1.02. The van der Waals surface area contributed by atoms with Crippen LogP contribution in [-0.4, -0.2) is 23.3 Å². The maximum atomic E-state index is 11.1. The summed E-state index contributed by atoms with van der Waals surface area (Å²) in [6.07, 6.45) is 3.21. The molecule has 1 aromatic carbocycles. The van der Waals surface area contributed by atoms with Crippen molar-refractivity contribution in [3.8, 4) is 29.0 Å². The van der Waals surface area contributed by atoms with E-state index in [1.807, 2.05) is 6.07 Å². The van der Waals surface area contributed by atoms with E-state index in [1.54, 1.807) is 24.3 Å². The van der Waals surface area contributed by atoms with Gasteiger partial charge in [-0.25, -0.2) is 4.98 Å². The molecule has 4 N–H and O–H groups in total. The van der Waals surface area contributed by atoms with Crippen LogP contribution in [0.25, 0.3) is 11.1 Å². The quantitative estimate of drug-likeness (QED) is 0.491. The molecule has 1 heterocycles. The smallest absolute Gasteiger partial charge is 0.227 e. The molecule has 144 valence electrons. The van der Waals surface area contributed by atoms with Crippen LogP contribution >= 0.6 is 11.8 Å². The molecule has 0 spiro atoms. The van der Waals surface area contributed by atoms with Crippen molar-refractivity contribution in [2.24, 2.45) is 5.73 Å². The van der Waals surface area contributed by atoms with Gasteiger partial charge in [0.2, 0.25) is 5.91 Å². The zero-order chi connectivity index (χ0) is 20.5. The Labute approximate surface area is 168 Å². The van der Waals surface area contributed by atoms with E-state index >= 15 is 0 Å². The van der Waals surface area contributed by atoms with E-state index in [0.29, 0.717) is 23.5 Å². The van der Waals surface area contributed by atoms with Gasteiger partial charge in [-0.1, -0.05) is 43.7 Å². The number of carbonyl (C=O) groups excluding carboxylic acids is 1. The van der Waals surface area contributed by atoms with Gasteiger partial charge in [-0.3, -0.25) is 4.79 Å². The first-order valence-corrected chi connectivity index (χ1v) is 9.78. The lowest BCUT2D eigenvalue weighted by molar-refractivity contribution is -0.115. The molecule has 0 bridgehead atoms. The second kappa shape index (κ2) is 10.2. The number of nitriles is 2. The molecule has 1 amide bonds. The molecule has 0 saturated carbocycles. The van der Waals surface area contributed by atoms with E-state index in [9.17, 15) is 15.3 Å². The Morgan fingerprint density at radius 3 is 2.43 bits per heavy atom. The fourth-order valence-corrected chi connectivity index (χ4v) is 3.32. The first kappa shape index (κ1) is 21.1. The van der Waals surface area contributed by atoms with Gasteiger partial charge >= 0.3 is 0 Å². The molecule has 7 nitrogen and oxygen atoms in total. The number of benzene rings is 1. The lowest BCUT2D eigenvalue weighted by Crippen LogP contribution is -2.14. The van der Waals surface area contributed by atoms with Crippen LogP contribution in [0.4, 0.5) is 5.82 Å². The minimum atomic E-state index is -0.537. The summed E-state index contributed by atoms with van der Waals surface area (Å²) in [7, 11) is 0. The number of aromatic nitrogens is 1. The number of nitrogens with zero attached hydrogens (tertiary/aromatic N) is 3. The van der Waals surface area contributed by atoms with Gasteiger partial charge in [0, 0.05) is 5.56 Å². The van der Waals surface area contributed by atoms with Crippen molar-refractivity contribution in [3.63, 3.8) is 0 Å². The van der Waals surface area contributed by atoms with Gasteiger partial charge in [0.1, 0.15) is 34.3 Å². The summed E-state index contributed by atoms with van der Waals surface area (Å²) < 4.78 is 5.70. The van der Waals surface area contributed by atoms with E-state index < -0.39 is 5.91 Å². The Hall–Kier alpha value is -3.23. The topological polar surface area (TPSA) is 139 Å². The third kappa shape index (κ3) is 5.15. The molecule has 0 aliphatic carbocycles. The zero-order valence-electron chi connectivity index (χ0n) is 15.6. The van der Waals surface area contributed by atoms with Gasteiger partial charge in [-0.2, -0.15) is 10.5 Å². The number of carbonyl (C=O) groups is 1. The highest BCUT2D eigenvalue weighted by Crippen LogP contribution is 2.36. The van der Waals surface area contributed by atoms with Crippen LogP contribution in [0.2, 0.25) is 0 Å². The number of anilines is 1. The summed E-state index contributed by atoms with van der Waals surface area (Å²) in [5.74, 6) is 0.132. The number of pyridine rings is 1. The van der Waals surface area contributed by atoms with Crippen molar-refractivity contribution in [2.45, 2.75) is 31.2 Å². The third-order valence-corrected chi connectivity index (χ3v) is 4.92. The van der Waals surface area contributed by atoms with Crippen LogP contribution in [0.15, 0.2) is 29.3 Å². The van der Waals surface area contributed by atoms with Gasteiger partial charge in [0.15, 0.2) is 0 Å². The summed E-state index contributed by atoms with van der Waals surface area (Å²) in [5, 5.41) is 19.5. The molecule has 1 aromatic heterocycles. The Bertz CT molecular complexity index is 930. The van der Waals surface area contributed by atoms with E-state index in [2.05, 4.69) is 18.0 Å². The number of nitrogens with two attached hydrogens (primary N) is 2. The average Bonchev–Trinajstić information content (AvgIpc) is 2.69. The number of thioether (sulfide) groups is 1. The second-order valence-electron chi connectivity index (χ2n) is 5.99. The van der Waals surface area contributed by atoms with Crippen molar-refractivity contribution in [2.75, 3.05) is 18.1 Å². The predicted molar refractivity (Wildman–Crippen MR) is 108 cm³/mol. The Kier molecular flexibility index (Phi) is 7.67. The van der Waals surface area contributed by atoms with Gasteiger partial charge in [-0.05, 0) is 24.1 Å². The lowest BCUT2D eigenvalue weighted by Gasteiger charge is -2.13. The predicted octanol–water partition coefficient (Wildman–Crippen LogP) is 3.22. The van der Waals surface area contributed by atoms with Crippen molar-refractivity contribution in [3.05, 3.63) is 35.4 Å². The Morgan fingerprint density at radius 2 is 1.86 bits per heavy atom. The van der Waals surface area contributed by atoms with E-state index in [4.69, 9.17) is 16.2 Å². The van der Waals surface area contributed by atoms with Crippen molar-refractivity contribution in [1.82, 2.24) is 4.98 Å². The maximum absolute atomic E-state index is 11.1. The number of nitrogen functional groups attached to an aromatic ring is 1. The van der Waals surface area contributed by atoms with Gasteiger partial charge in [0.25, 0.3) is 0 Å². The molecule has 0 saturated heterocycles. The minimum Gasteiger partial charge on any atom is -0.494 e. The molecule has 0 radical (unpaired) electrons. The third-order valence-electron chi connectivity index (χ3n) is 3.93. The largest absolute Gasteiger partial charge is 0.494 e. The van der Waals surface area contributed by atoms with Crippen LogP contribution in [-0.2, 0) is 4.79 Å². The molecule has 2 aromatic rings. The van der Waals surface area contributed by atoms with Gasteiger partial charge in [0.05, 0.1) is 17.9 Å². The molecular weight excluding hydrogens is 374 g/mol. The SMILES string of the molecule is CCCCCOc1ccc(-c2c(C#N)c(N)nc(SCC(N)=O)c2C#N)cc1. The monoisotopic (exact) mass is 395 g/mol. The molecule has 28 heavy (non-hydrogen) atoms. The number of ether oxygens (including phenoxy) is 1. The first-order valence-electron chi connectivity index (χ1n) is 8.79. The highest BCUT2D eigenvalue weighted by molar-refractivity contribution is 8.00. The van der Waals surface area contributed by atoms with E-state index in [1.165, 1.54) is 0 Å². The molecule has 0 fully saturated rings. The summed E-state index contributed by atoms with van der Waals surface area (Å²) in [6.45, 7) is 2.76. The number of unbranched alkanes of at least 4 members (excludes halogenated alkanes) is 2. The Balaban J connectivity index is 2.41. The minimum absolute atomic E-state index is 0.00311. The molecule has 0 unspecified atom stereocenters. The first-order chi connectivity index (χ1) is 13.5. The summed E-state index contributed by atoms with van der Waals surface area (Å²) in [4.78, 5) is 15.2. The van der Waals surface area contributed by atoms with E-state index in [0.717, 1.165) is 31.0 Å². The average molecular weight is 395 g/mol. The molecular formula is C20H21N5O2S. The van der Waals surface area contributed by atoms with Crippen LogP contribution < -0.4 is 16.2 Å². The Morgan fingerprint density at radius 1 is 1.18 bits per heavy atom. The van der Waals surface area contributed by atoms with E-state index in [-0.39, 0.29) is 27.7 Å². The fraction of sp³-hybridized carbons (Fsp3) is 0.300. The number of hydrogen-bond acceptors (Lipinski definition) is 7. The van der Waals surface area contributed by atoms with Crippen LogP contribution in [0, 0.1) is 22.7 Å². The number of hydrogen-bond donors (Lipinski definition) is 2.